The van der Waals surface area contributed by atoms with Crippen LogP contribution in [0.4, 0.5) is 26.2 Å². The van der Waals surface area contributed by atoms with Crippen LogP contribution in [0.1, 0.15) is 35.6 Å². The second-order valence-electron chi connectivity index (χ2n) is 9.03. The summed E-state index contributed by atoms with van der Waals surface area (Å²) < 4.78 is 36.2. The van der Waals surface area contributed by atoms with Crippen molar-refractivity contribution in [2.45, 2.75) is 25.2 Å². The maximum atomic E-state index is 14.7. The first-order valence-electron chi connectivity index (χ1n) is 11.8. The zero-order chi connectivity index (χ0) is 24.8. The summed E-state index contributed by atoms with van der Waals surface area (Å²) in [7, 11) is 1.99. The lowest BCUT2D eigenvalue weighted by molar-refractivity contribution is 0.311. The third-order valence-electron chi connectivity index (χ3n) is 6.67. The van der Waals surface area contributed by atoms with Crippen LogP contribution in [0.25, 0.3) is 5.69 Å². The van der Waals surface area contributed by atoms with Gasteiger partial charge in [0.15, 0.2) is 0 Å². The van der Waals surface area contributed by atoms with Crippen LogP contribution in [0, 0.1) is 11.6 Å². The molecular formula is C26H23ClF2N6O. The quantitative estimate of drug-likeness (QED) is 0.378. The number of nitrogens with one attached hydrogen (secondary N) is 1. The van der Waals surface area contributed by atoms with Crippen molar-refractivity contribution in [3.63, 3.8) is 0 Å². The number of benzene rings is 2. The molecule has 1 atom stereocenters. The van der Waals surface area contributed by atoms with Gasteiger partial charge < -0.3 is 19.5 Å². The SMILES string of the molecule is CN1CCCOc2cc(ccc2-n2cnc(Cl)c2)Nc2nc3c(c1n2)CCC3c1ccc(F)cc1F. The topological polar surface area (TPSA) is 68.1 Å². The molecule has 0 amide bonds. The van der Waals surface area contributed by atoms with Crippen LogP contribution in [0.3, 0.4) is 0 Å². The summed E-state index contributed by atoms with van der Waals surface area (Å²) in [4.78, 5) is 15.8. The number of aromatic nitrogens is 4. The van der Waals surface area contributed by atoms with Crippen LogP contribution in [-0.4, -0.2) is 39.7 Å². The molecule has 1 aliphatic heterocycles. The van der Waals surface area contributed by atoms with E-state index in [2.05, 4.69) is 15.2 Å². The Labute approximate surface area is 211 Å². The Morgan fingerprint density at radius 1 is 1.14 bits per heavy atom. The predicted octanol–water partition coefficient (Wildman–Crippen LogP) is 5.63. The van der Waals surface area contributed by atoms with Crippen molar-refractivity contribution in [3.8, 4) is 11.4 Å². The molecule has 7 nitrogen and oxygen atoms in total. The molecule has 2 aromatic heterocycles. The molecule has 2 aliphatic rings. The number of fused-ring (bicyclic) bond motifs is 6. The molecule has 0 spiro atoms. The number of rotatable bonds is 2. The van der Waals surface area contributed by atoms with E-state index in [4.69, 9.17) is 26.3 Å². The van der Waals surface area contributed by atoms with Crippen LogP contribution < -0.4 is 15.0 Å². The summed E-state index contributed by atoms with van der Waals surface area (Å²) in [6.45, 7) is 1.22. The number of anilines is 3. The van der Waals surface area contributed by atoms with Gasteiger partial charge in [-0.25, -0.2) is 18.7 Å². The Morgan fingerprint density at radius 2 is 2.03 bits per heavy atom. The fourth-order valence-corrected chi connectivity index (χ4v) is 5.12. The summed E-state index contributed by atoms with van der Waals surface area (Å²) in [6, 6.07) is 9.46. The third kappa shape index (κ3) is 4.13. The molecule has 184 valence electrons. The van der Waals surface area contributed by atoms with Crippen LogP contribution in [0.5, 0.6) is 5.75 Å². The molecule has 4 aromatic rings. The van der Waals surface area contributed by atoms with Gasteiger partial charge in [-0.3, -0.25) is 0 Å². The van der Waals surface area contributed by atoms with Crippen molar-refractivity contribution in [1.29, 1.82) is 0 Å². The highest BCUT2D eigenvalue weighted by molar-refractivity contribution is 6.29. The van der Waals surface area contributed by atoms with Gasteiger partial charge in [-0.15, -0.1) is 0 Å². The molecular weight excluding hydrogens is 486 g/mol. The first-order chi connectivity index (χ1) is 17.5. The minimum atomic E-state index is -0.589. The molecule has 0 fully saturated rings. The molecule has 10 heteroatoms. The molecule has 36 heavy (non-hydrogen) atoms. The van der Waals surface area contributed by atoms with Crippen LogP contribution in [-0.2, 0) is 6.42 Å². The Balaban J connectivity index is 1.43. The average Bonchev–Trinajstić information content (AvgIpc) is 3.47. The van der Waals surface area contributed by atoms with Gasteiger partial charge in [-0.2, -0.15) is 4.98 Å². The number of nitrogens with zero attached hydrogens (tertiary/aromatic N) is 5. The van der Waals surface area contributed by atoms with Crippen LogP contribution in [0.15, 0.2) is 48.9 Å². The largest absolute Gasteiger partial charge is 0.491 e. The normalized spacial score (nSPS) is 17.0. The molecule has 6 rings (SSSR count). The van der Waals surface area contributed by atoms with E-state index in [9.17, 15) is 8.78 Å². The van der Waals surface area contributed by atoms with Crippen molar-refractivity contribution in [3.05, 3.63) is 82.5 Å². The van der Waals surface area contributed by atoms with Crippen molar-refractivity contribution in [2.75, 3.05) is 30.4 Å². The summed E-state index contributed by atoms with van der Waals surface area (Å²) in [5.41, 5.74) is 3.79. The van der Waals surface area contributed by atoms with Gasteiger partial charge >= 0.3 is 0 Å². The lowest BCUT2D eigenvalue weighted by Gasteiger charge is -2.24. The smallest absolute Gasteiger partial charge is 0.229 e. The van der Waals surface area contributed by atoms with Gasteiger partial charge in [0.1, 0.15) is 34.7 Å². The first-order valence-corrected chi connectivity index (χ1v) is 12.1. The van der Waals surface area contributed by atoms with Gasteiger partial charge in [-0.05, 0) is 43.0 Å². The lowest BCUT2D eigenvalue weighted by atomic mass is 9.96. The Morgan fingerprint density at radius 3 is 2.83 bits per heavy atom. The summed E-state index contributed by atoms with van der Waals surface area (Å²) in [5.74, 6) is 0.491. The molecule has 1 aliphatic carbocycles. The predicted molar refractivity (Wildman–Crippen MR) is 134 cm³/mol. The van der Waals surface area contributed by atoms with Crippen molar-refractivity contribution in [2.24, 2.45) is 0 Å². The number of imidazole rings is 1. The Kier molecular flexibility index (Phi) is 5.72. The second-order valence-corrected chi connectivity index (χ2v) is 9.41. The number of hydrogen-bond donors (Lipinski definition) is 1. The lowest BCUT2D eigenvalue weighted by Crippen LogP contribution is -2.24. The van der Waals surface area contributed by atoms with E-state index in [1.54, 1.807) is 12.5 Å². The highest BCUT2D eigenvalue weighted by atomic mass is 35.5. The molecule has 2 aromatic carbocycles. The summed E-state index contributed by atoms with van der Waals surface area (Å²) in [5, 5.41) is 3.69. The van der Waals surface area contributed by atoms with Crippen LogP contribution in [0.2, 0.25) is 5.15 Å². The minimum absolute atomic E-state index is 0.267. The fraction of sp³-hybridized carbons (Fsp3) is 0.269. The maximum absolute atomic E-state index is 14.7. The Hall–Kier alpha value is -3.72. The maximum Gasteiger partial charge on any atom is 0.229 e. The van der Waals surface area contributed by atoms with Gasteiger partial charge in [0.2, 0.25) is 5.95 Å². The molecule has 1 unspecified atom stereocenters. The van der Waals surface area contributed by atoms with E-state index in [0.29, 0.717) is 42.0 Å². The zero-order valence-corrected chi connectivity index (χ0v) is 20.3. The number of halogens is 3. The molecule has 0 radical (unpaired) electrons. The van der Waals surface area contributed by atoms with E-state index in [1.807, 2.05) is 29.8 Å². The highest BCUT2D eigenvalue weighted by Crippen LogP contribution is 2.42. The fourth-order valence-electron chi connectivity index (χ4n) is 4.97. The van der Waals surface area contributed by atoms with E-state index in [0.717, 1.165) is 47.4 Å². The van der Waals surface area contributed by atoms with Crippen molar-refractivity contribution < 1.29 is 13.5 Å². The first kappa shape index (κ1) is 22.7. The number of ether oxygens (including phenoxy) is 1. The zero-order valence-electron chi connectivity index (χ0n) is 19.5. The molecule has 0 saturated carbocycles. The molecule has 4 bridgehead atoms. The Bertz CT molecular complexity index is 1460. The average molecular weight is 509 g/mol. The highest BCUT2D eigenvalue weighted by Gasteiger charge is 2.32. The molecule has 0 saturated heterocycles. The molecule has 1 N–H and O–H groups in total. The van der Waals surface area contributed by atoms with E-state index < -0.39 is 11.6 Å². The second kappa shape index (κ2) is 9.05. The third-order valence-corrected chi connectivity index (χ3v) is 6.87. The van der Waals surface area contributed by atoms with Gasteiger partial charge in [0.05, 0.1) is 18.0 Å². The van der Waals surface area contributed by atoms with Gasteiger partial charge in [-0.1, -0.05) is 17.7 Å². The minimum Gasteiger partial charge on any atom is -0.491 e. The van der Waals surface area contributed by atoms with Crippen molar-refractivity contribution >= 4 is 29.1 Å². The monoisotopic (exact) mass is 508 g/mol. The summed E-state index contributed by atoms with van der Waals surface area (Å²) >= 11 is 6.02. The van der Waals surface area contributed by atoms with E-state index in [-0.39, 0.29) is 5.92 Å². The van der Waals surface area contributed by atoms with Gasteiger partial charge in [0.25, 0.3) is 0 Å². The van der Waals surface area contributed by atoms with Gasteiger partial charge in [0, 0.05) is 49.1 Å². The standard InChI is InChI=1S/C26H23ClF2N6O/c1-34-9-2-10-36-22-12-16(4-8-21(22)35-13-23(27)30-14-35)31-26-32-24-18(6-7-19(24)25(34)33-26)17-5-3-15(28)11-20(17)29/h3-5,8,11-14,18H,2,6-7,9-10H2,1H3,(H,31,32,33). The van der Waals surface area contributed by atoms with E-state index >= 15 is 0 Å². The summed E-state index contributed by atoms with van der Waals surface area (Å²) in [6.07, 6.45) is 5.53. The molecule has 3 heterocycles. The van der Waals surface area contributed by atoms with Crippen LogP contribution >= 0.6 is 11.6 Å². The van der Waals surface area contributed by atoms with Crippen molar-refractivity contribution in [1.82, 2.24) is 19.5 Å². The number of hydrogen-bond acceptors (Lipinski definition) is 6. The van der Waals surface area contributed by atoms with E-state index in [1.165, 1.54) is 12.1 Å².